The van der Waals surface area contributed by atoms with Crippen molar-refractivity contribution in [1.29, 1.82) is 0 Å². The first-order valence-corrected chi connectivity index (χ1v) is 7.64. The number of rotatable bonds is 6. The van der Waals surface area contributed by atoms with Gasteiger partial charge >= 0.3 is 5.51 Å². The molecule has 1 aromatic heterocycles. The number of nitrogens with zero attached hydrogens (tertiary/aromatic N) is 2. The molecule has 118 valence electrons. The Morgan fingerprint density at radius 1 is 1.52 bits per heavy atom. The summed E-state index contributed by atoms with van der Waals surface area (Å²) in [6, 6.07) is 0. The fourth-order valence-electron chi connectivity index (χ4n) is 1.61. The molecule has 0 aromatic carbocycles. The molecule has 1 N–H and O–H groups in total. The number of thioether (sulfide) groups is 1. The van der Waals surface area contributed by atoms with Crippen molar-refractivity contribution in [2.75, 3.05) is 25.1 Å². The number of hydrogen-bond acceptors (Lipinski definition) is 7. The predicted molar refractivity (Wildman–Crippen MR) is 70.2 cm³/mol. The molecule has 2 rings (SSSR count). The van der Waals surface area contributed by atoms with Crippen LogP contribution in [0.5, 0.6) is 0 Å². The van der Waals surface area contributed by atoms with Crippen LogP contribution in [0.15, 0.2) is 4.34 Å². The molecule has 2 heterocycles. The summed E-state index contributed by atoms with van der Waals surface area (Å²) in [7, 11) is 0. The Morgan fingerprint density at radius 2 is 2.33 bits per heavy atom. The third-order valence-electron chi connectivity index (χ3n) is 2.42. The van der Waals surface area contributed by atoms with Crippen LogP contribution in [0.25, 0.3) is 0 Å². The summed E-state index contributed by atoms with van der Waals surface area (Å²) in [6.45, 7) is 0.810. The van der Waals surface area contributed by atoms with Gasteiger partial charge in [-0.2, -0.15) is 13.2 Å². The molecule has 1 unspecified atom stereocenters. The number of aromatic nitrogens is 2. The summed E-state index contributed by atoms with van der Waals surface area (Å²) in [5, 5.41) is 9.14. The number of halogens is 3. The first-order valence-electron chi connectivity index (χ1n) is 6.01. The molecular weight excluding hydrogens is 331 g/mol. The average Bonchev–Trinajstić information content (AvgIpc) is 2.99. The second-order valence-electron chi connectivity index (χ2n) is 4.12. The first-order chi connectivity index (χ1) is 9.92. The van der Waals surface area contributed by atoms with Crippen LogP contribution >= 0.6 is 23.1 Å². The zero-order chi connectivity index (χ0) is 15.3. The molecule has 0 radical (unpaired) electrons. The summed E-state index contributed by atoms with van der Waals surface area (Å²) < 4.78 is 46.5. The van der Waals surface area contributed by atoms with E-state index in [-0.39, 0.29) is 33.9 Å². The SMILES string of the molecule is O=C(COCC1CCCO1)Nc1nnc(SC(F)(F)F)s1. The first kappa shape index (κ1) is 16.5. The van der Waals surface area contributed by atoms with E-state index >= 15 is 0 Å². The number of nitrogens with one attached hydrogen (secondary N) is 1. The van der Waals surface area contributed by atoms with Crippen molar-refractivity contribution in [3.05, 3.63) is 0 Å². The van der Waals surface area contributed by atoms with Crippen LogP contribution in [0.2, 0.25) is 0 Å². The van der Waals surface area contributed by atoms with Gasteiger partial charge in [-0.25, -0.2) is 0 Å². The van der Waals surface area contributed by atoms with E-state index in [1.165, 1.54) is 0 Å². The Morgan fingerprint density at radius 3 is 3.00 bits per heavy atom. The van der Waals surface area contributed by atoms with Crippen molar-refractivity contribution < 1.29 is 27.4 Å². The molecule has 11 heteroatoms. The van der Waals surface area contributed by atoms with E-state index in [1.54, 1.807) is 0 Å². The molecule has 0 bridgehead atoms. The van der Waals surface area contributed by atoms with Gasteiger partial charge in [0.05, 0.1) is 12.7 Å². The van der Waals surface area contributed by atoms with Crippen molar-refractivity contribution in [3.8, 4) is 0 Å². The monoisotopic (exact) mass is 343 g/mol. The number of carbonyl (C=O) groups excluding carboxylic acids is 1. The summed E-state index contributed by atoms with van der Waals surface area (Å²) in [6.07, 6.45) is 1.88. The Labute approximate surface area is 126 Å². The zero-order valence-electron chi connectivity index (χ0n) is 10.7. The number of hydrogen-bond donors (Lipinski definition) is 1. The summed E-state index contributed by atoms with van der Waals surface area (Å²) in [4.78, 5) is 11.5. The number of carbonyl (C=O) groups is 1. The maximum Gasteiger partial charge on any atom is 0.448 e. The molecule has 6 nitrogen and oxygen atoms in total. The zero-order valence-corrected chi connectivity index (χ0v) is 12.3. The van der Waals surface area contributed by atoms with Crippen LogP contribution in [0.4, 0.5) is 18.3 Å². The number of anilines is 1. The minimum Gasteiger partial charge on any atom is -0.376 e. The second-order valence-corrected chi connectivity index (χ2v) is 6.41. The molecule has 1 atom stereocenters. The number of amides is 1. The topological polar surface area (TPSA) is 73.3 Å². The van der Waals surface area contributed by atoms with E-state index in [4.69, 9.17) is 9.47 Å². The maximum atomic E-state index is 12.1. The summed E-state index contributed by atoms with van der Waals surface area (Å²) in [5.74, 6) is -0.493. The quantitative estimate of drug-likeness (QED) is 0.631. The molecule has 0 saturated carbocycles. The van der Waals surface area contributed by atoms with Crippen LogP contribution in [-0.4, -0.2) is 47.5 Å². The van der Waals surface area contributed by atoms with Gasteiger partial charge in [-0.1, -0.05) is 11.3 Å². The van der Waals surface area contributed by atoms with Gasteiger partial charge < -0.3 is 9.47 Å². The van der Waals surface area contributed by atoms with Crippen molar-refractivity contribution in [2.45, 2.75) is 28.8 Å². The van der Waals surface area contributed by atoms with Gasteiger partial charge in [0.15, 0.2) is 4.34 Å². The highest BCUT2D eigenvalue weighted by Crippen LogP contribution is 2.38. The van der Waals surface area contributed by atoms with Crippen molar-refractivity contribution >= 4 is 34.1 Å². The molecule has 1 aliphatic rings. The van der Waals surface area contributed by atoms with E-state index in [9.17, 15) is 18.0 Å². The van der Waals surface area contributed by atoms with Gasteiger partial charge in [-0.05, 0) is 12.8 Å². The lowest BCUT2D eigenvalue weighted by Crippen LogP contribution is -2.22. The van der Waals surface area contributed by atoms with Gasteiger partial charge in [-0.3, -0.25) is 10.1 Å². The maximum absolute atomic E-state index is 12.1. The van der Waals surface area contributed by atoms with Gasteiger partial charge in [0.25, 0.3) is 5.91 Å². The molecule has 0 spiro atoms. The fraction of sp³-hybridized carbons (Fsp3) is 0.700. The van der Waals surface area contributed by atoms with Crippen molar-refractivity contribution in [2.24, 2.45) is 0 Å². The van der Waals surface area contributed by atoms with Crippen molar-refractivity contribution in [3.63, 3.8) is 0 Å². The third kappa shape index (κ3) is 6.16. The standard InChI is InChI=1S/C10H12F3N3O3S2/c11-10(12,13)21-9-16-15-8(20-9)14-7(17)5-18-4-6-2-1-3-19-6/h6H,1-5H2,(H,14,15,17). The lowest BCUT2D eigenvalue weighted by molar-refractivity contribution is -0.121. The molecule has 21 heavy (non-hydrogen) atoms. The normalized spacial score (nSPS) is 18.9. The Kier molecular flexibility index (Phi) is 5.79. The molecule has 0 aliphatic carbocycles. The highest BCUT2D eigenvalue weighted by atomic mass is 32.2. The van der Waals surface area contributed by atoms with E-state index in [1.807, 2.05) is 0 Å². The average molecular weight is 343 g/mol. The molecule has 1 fully saturated rings. The van der Waals surface area contributed by atoms with Crippen molar-refractivity contribution in [1.82, 2.24) is 10.2 Å². The predicted octanol–water partition coefficient (Wildman–Crippen LogP) is 2.28. The molecule has 1 amide bonds. The van der Waals surface area contributed by atoms with Gasteiger partial charge in [-0.15, -0.1) is 10.2 Å². The second kappa shape index (κ2) is 7.38. The minimum atomic E-state index is -4.43. The van der Waals surface area contributed by atoms with Crippen LogP contribution in [0, 0.1) is 0 Å². The lowest BCUT2D eigenvalue weighted by Gasteiger charge is -2.09. The van der Waals surface area contributed by atoms with Gasteiger partial charge in [0, 0.05) is 18.4 Å². The lowest BCUT2D eigenvalue weighted by atomic mass is 10.2. The summed E-state index contributed by atoms with van der Waals surface area (Å²) in [5.41, 5.74) is -4.43. The number of ether oxygens (including phenoxy) is 2. The van der Waals surface area contributed by atoms with Gasteiger partial charge in [0.2, 0.25) is 5.13 Å². The Hall–Kier alpha value is -0.910. The molecule has 1 aromatic rings. The van der Waals surface area contributed by atoms with Crippen LogP contribution < -0.4 is 5.32 Å². The number of alkyl halides is 3. The third-order valence-corrected chi connectivity index (χ3v) is 4.04. The molecular formula is C10H12F3N3O3S2. The van der Waals surface area contributed by atoms with Crippen LogP contribution in [0.3, 0.4) is 0 Å². The smallest absolute Gasteiger partial charge is 0.376 e. The minimum absolute atomic E-state index is 0.00691. The largest absolute Gasteiger partial charge is 0.448 e. The highest BCUT2D eigenvalue weighted by molar-refractivity contribution is 8.01. The summed E-state index contributed by atoms with van der Waals surface area (Å²) >= 11 is 0.285. The van der Waals surface area contributed by atoms with E-state index in [0.717, 1.165) is 12.8 Å². The van der Waals surface area contributed by atoms with Crippen LogP contribution in [0.1, 0.15) is 12.8 Å². The molecule has 1 saturated heterocycles. The van der Waals surface area contributed by atoms with Gasteiger partial charge in [0.1, 0.15) is 6.61 Å². The Balaban J connectivity index is 1.69. The Bertz CT molecular complexity index is 478. The van der Waals surface area contributed by atoms with Crippen LogP contribution in [-0.2, 0) is 14.3 Å². The van der Waals surface area contributed by atoms with E-state index < -0.39 is 11.4 Å². The highest BCUT2D eigenvalue weighted by Gasteiger charge is 2.31. The van der Waals surface area contributed by atoms with E-state index in [0.29, 0.717) is 24.6 Å². The van der Waals surface area contributed by atoms with E-state index in [2.05, 4.69) is 15.5 Å². The molecule has 1 aliphatic heterocycles. The fourth-order valence-corrected chi connectivity index (χ4v) is 3.07.